The number of fused-ring (bicyclic) bond motifs is 1. The smallest absolute Gasteiger partial charge is 0.275 e. The van der Waals surface area contributed by atoms with Crippen LogP contribution in [0.25, 0.3) is 10.9 Å². The molecule has 0 saturated carbocycles. The van der Waals surface area contributed by atoms with Crippen LogP contribution < -0.4 is 0 Å². The summed E-state index contributed by atoms with van der Waals surface area (Å²) in [7, 11) is 0. The number of hydrogen-bond acceptors (Lipinski definition) is 3. The Bertz CT molecular complexity index is 938. The minimum Gasteiger partial charge on any atom is -0.335 e. The third kappa shape index (κ3) is 3.35. The number of aromatic nitrogens is 2. The highest BCUT2D eigenvalue weighted by Crippen LogP contribution is 2.20. The molecule has 5 nitrogen and oxygen atoms in total. The second kappa shape index (κ2) is 6.92. The van der Waals surface area contributed by atoms with Gasteiger partial charge in [-0.05, 0) is 31.5 Å². The molecule has 2 aromatic carbocycles. The van der Waals surface area contributed by atoms with Gasteiger partial charge in [0.2, 0.25) is 0 Å². The van der Waals surface area contributed by atoms with Crippen molar-refractivity contribution in [2.75, 3.05) is 26.2 Å². The zero-order valence-corrected chi connectivity index (χ0v) is 15.3. The quantitative estimate of drug-likeness (QED) is 0.791. The normalized spacial score (nSPS) is 15.5. The highest BCUT2D eigenvalue weighted by Gasteiger charge is 2.25. The molecule has 4 rings (SSSR count). The minimum absolute atomic E-state index is 0.0251. The van der Waals surface area contributed by atoms with Crippen LogP contribution in [0.3, 0.4) is 0 Å². The monoisotopic (exact) mass is 348 g/mol. The SMILES string of the molecule is Cc1cccc(CN2CCN(C(=O)c3n[nH]c4ccc(C)cc34)CC2)c1. The van der Waals surface area contributed by atoms with Crippen LogP contribution in [0, 0.1) is 13.8 Å². The molecule has 134 valence electrons. The molecule has 0 atom stereocenters. The van der Waals surface area contributed by atoms with E-state index in [1.54, 1.807) is 0 Å². The third-order valence-corrected chi connectivity index (χ3v) is 5.07. The van der Waals surface area contributed by atoms with Crippen molar-refractivity contribution in [2.24, 2.45) is 0 Å². The summed E-state index contributed by atoms with van der Waals surface area (Å²) in [6.07, 6.45) is 0. The van der Waals surface area contributed by atoms with Gasteiger partial charge >= 0.3 is 0 Å². The molecule has 1 amide bonds. The summed E-state index contributed by atoms with van der Waals surface area (Å²) in [5.74, 6) is 0.0251. The number of aromatic amines is 1. The standard InChI is InChI=1S/C21H24N4O/c1-15-4-3-5-17(12-15)14-24-8-10-25(11-9-24)21(26)20-18-13-16(2)6-7-19(18)22-23-20/h3-7,12-13H,8-11,14H2,1-2H3,(H,22,23). The maximum absolute atomic E-state index is 12.9. The lowest BCUT2D eigenvalue weighted by Crippen LogP contribution is -2.48. The summed E-state index contributed by atoms with van der Waals surface area (Å²) in [4.78, 5) is 17.3. The number of carbonyl (C=O) groups excluding carboxylic acids is 1. The fourth-order valence-electron chi connectivity index (χ4n) is 3.62. The van der Waals surface area contributed by atoms with Crippen molar-refractivity contribution in [3.63, 3.8) is 0 Å². The Kier molecular flexibility index (Phi) is 4.47. The molecule has 0 radical (unpaired) electrons. The number of rotatable bonds is 3. The Balaban J connectivity index is 1.42. The molecule has 0 spiro atoms. The van der Waals surface area contributed by atoms with E-state index >= 15 is 0 Å². The number of nitrogens with one attached hydrogen (secondary N) is 1. The predicted molar refractivity (Wildman–Crippen MR) is 103 cm³/mol. The molecule has 1 aliphatic heterocycles. The van der Waals surface area contributed by atoms with E-state index in [9.17, 15) is 4.79 Å². The first-order chi connectivity index (χ1) is 12.6. The van der Waals surface area contributed by atoms with Crippen molar-refractivity contribution in [1.29, 1.82) is 0 Å². The number of aryl methyl sites for hydroxylation is 2. The van der Waals surface area contributed by atoms with Crippen molar-refractivity contribution >= 4 is 16.8 Å². The summed E-state index contributed by atoms with van der Waals surface area (Å²) in [6, 6.07) is 14.7. The van der Waals surface area contributed by atoms with Gasteiger partial charge in [0.25, 0.3) is 5.91 Å². The molecule has 0 unspecified atom stereocenters. The van der Waals surface area contributed by atoms with E-state index in [0.717, 1.165) is 49.2 Å². The lowest BCUT2D eigenvalue weighted by atomic mass is 10.1. The highest BCUT2D eigenvalue weighted by atomic mass is 16.2. The van der Waals surface area contributed by atoms with E-state index in [0.29, 0.717) is 5.69 Å². The molecule has 0 bridgehead atoms. The molecule has 1 saturated heterocycles. The van der Waals surface area contributed by atoms with Crippen LogP contribution in [0.2, 0.25) is 0 Å². The van der Waals surface area contributed by atoms with Gasteiger partial charge in [0.05, 0.1) is 5.52 Å². The zero-order chi connectivity index (χ0) is 18.1. The average Bonchev–Trinajstić information content (AvgIpc) is 3.05. The summed E-state index contributed by atoms with van der Waals surface area (Å²) in [5.41, 5.74) is 5.21. The molecule has 0 aliphatic carbocycles. The van der Waals surface area contributed by atoms with Crippen LogP contribution in [0.15, 0.2) is 42.5 Å². The number of benzene rings is 2. The van der Waals surface area contributed by atoms with E-state index in [1.165, 1.54) is 11.1 Å². The number of piperazine rings is 1. The van der Waals surface area contributed by atoms with E-state index in [4.69, 9.17) is 0 Å². The molecule has 1 fully saturated rings. The second-order valence-corrected chi connectivity index (χ2v) is 7.18. The van der Waals surface area contributed by atoms with Gasteiger partial charge in [-0.2, -0.15) is 5.10 Å². The topological polar surface area (TPSA) is 52.2 Å². The van der Waals surface area contributed by atoms with Crippen LogP contribution in [-0.4, -0.2) is 52.1 Å². The summed E-state index contributed by atoms with van der Waals surface area (Å²) in [6.45, 7) is 8.35. The maximum Gasteiger partial charge on any atom is 0.275 e. The van der Waals surface area contributed by atoms with Gasteiger partial charge < -0.3 is 4.90 Å². The van der Waals surface area contributed by atoms with Crippen molar-refractivity contribution in [1.82, 2.24) is 20.0 Å². The molecule has 1 aliphatic rings. The van der Waals surface area contributed by atoms with Gasteiger partial charge in [0.15, 0.2) is 5.69 Å². The second-order valence-electron chi connectivity index (χ2n) is 7.18. The van der Waals surface area contributed by atoms with E-state index in [-0.39, 0.29) is 5.91 Å². The highest BCUT2D eigenvalue weighted by molar-refractivity contribution is 6.04. The van der Waals surface area contributed by atoms with Crippen molar-refractivity contribution < 1.29 is 4.79 Å². The van der Waals surface area contributed by atoms with E-state index < -0.39 is 0 Å². The molecule has 2 heterocycles. The molecule has 1 aromatic heterocycles. The molecule has 26 heavy (non-hydrogen) atoms. The van der Waals surface area contributed by atoms with Gasteiger partial charge in [-0.15, -0.1) is 0 Å². The predicted octanol–water partition coefficient (Wildman–Crippen LogP) is 3.14. The summed E-state index contributed by atoms with van der Waals surface area (Å²) >= 11 is 0. The van der Waals surface area contributed by atoms with Crippen LogP contribution in [0.4, 0.5) is 0 Å². The Morgan fingerprint density at radius 1 is 1.04 bits per heavy atom. The maximum atomic E-state index is 12.9. The fraction of sp³-hybridized carbons (Fsp3) is 0.333. The van der Waals surface area contributed by atoms with Gasteiger partial charge in [-0.1, -0.05) is 41.5 Å². The van der Waals surface area contributed by atoms with Crippen molar-refractivity contribution in [2.45, 2.75) is 20.4 Å². The Hall–Kier alpha value is -2.66. The van der Waals surface area contributed by atoms with Crippen LogP contribution in [-0.2, 0) is 6.54 Å². The van der Waals surface area contributed by atoms with Crippen molar-refractivity contribution in [3.8, 4) is 0 Å². The van der Waals surface area contributed by atoms with Gasteiger partial charge in [-0.25, -0.2) is 0 Å². The number of H-pyrrole nitrogens is 1. The minimum atomic E-state index is 0.0251. The first kappa shape index (κ1) is 16.8. The average molecular weight is 348 g/mol. The first-order valence-corrected chi connectivity index (χ1v) is 9.12. The summed E-state index contributed by atoms with van der Waals surface area (Å²) in [5, 5.41) is 8.17. The molecule has 1 N–H and O–H groups in total. The lowest BCUT2D eigenvalue weighted by Gasteiger charge is -2.34. The number of amides is 1. The van der Waals surface area contributed by atoms with E-state index in [1.807, 2.05) is 30.0 Å². The molecule has 3 aromatic rings. The van der Waals surface area contributed by atoms with E-state index in [2.05, 4.69) is 46.3 Å². The molecular formula is C21H24N4O. The fourth-order valence-corrected chi connectivity index (χ4v) is 3.62. The lowest BCUT2D eigenvalue weighted by molar-refractivity contribution is 0.0624. The summed E-state index contributed by atoms with van der Waals surface area (Å²) < 4.78 is 0. The molecule has 5 heteroatoms. The Morgan fingerprint density at radius 3 is 2.58 bits per heavy atom. The zero-order valence-electron chi connectivity index (χ0n) is 15.3. The number of nitrogens with zero attached hydrogens (tertiary/aromatic N) is 3. The van der Waals surface area contributed by atoms with Crippen molar-refractivity contribution in [3.05, 3.63) is 64.8 Å². The number of hydrogen-bond donors (Lipinski definition) is 1. The van der Waals surface area contributed by atoms with Crippen LogP contribution in [0.1, 0.15) is 27.2 Å². The van der Waals surface area contributed by atoms with Gasteiger partial charge in [-0.3, -0.25) is 14.8 Å². The third-order valence-electron chi connectivity index (χ3n) is 5.07. The molecular weight excluding hydrogens is 324 g/mol. The van der Waals surface area contributed by atoms with Crippen LogP contribution >= 0.6 is 0 Å². The Labute approximate surface area is 153 Å². The van der Waals surface area contributed by atoms with Gasteiger partial charge in [0.1, 0.15) is 0 Å². The Morgan fingerprint density at radius 2 is 1.81 bits per heavy atom. The number of carbonyl (C=O) groups is 1. The van der Waals surface area contributed by atoms with Crippen LogP contribution in [0.5, 0.6) is 0 Å². The van der Waals surface area contributed by atoms with Gasteiger partial charge in [0, 0.05) is 38.1 Å². The first-order valence-electron chi connectivity index (χ1n) is 9.12. The largest absolute Gasteiger partial charge is 0.335 e.